The van der Waals surface area contributed by atoms with Crippen molar-refractivity contribution in [2.75, 3.05) is 5.73 Å². The van der Waals surface area contributed by atoms with Crippen molar-refractivity contribution < 1.29 is 9.21 Å². The number of nitrogens with two attached hydrogens (primary N) is 1. The Morgan fingerprint density at radius 1 is 1.50 bits per heavy atom. The van der Waals surface area contributed by atoms with Gasteiger partial charge in [0.05, 0.1) is 18.4 Å². The van der Waals surface area contributed by atoms with E-state index in [0.29, 0.717) is 28.6 Å². The minimum Gasteiger partial charge on any atom is -0.467 e. The molecule has 94 valence electrons. The maximum Gasteiger partial charge on any atom is 0.253 e. The molecule has 0 aliphatic carbocycles. The van der Waals surface area contributed by atoms with Crippen LogP contribution in [0.3, 0.4) is 0 Å². The van der Waals surface area contributed by atoms with Gasteiger partial charge in [-0.1, -0.05) is 11.6 Å². The first-order chi connectivity index (χ1) is 8.58. The van der Waals surface area contributed by atoms with Crippen molar-refractivity contribution in [1.82, 2.24) is 5.32 Å². The summed E-state index contributed by atoms with van der Waals surface area (Å²) in [6, 6.07) is 6.83. The average Bonchev–Trinajstić information content (AvgIpc) is 2.83. The van der Waals surface area contributed by atoms with Crippen LogP contribution in [-0.2, 0) is 6.54 Å². The topological polar surface area (TPSA) is 68.3 Å². The van der Waals surface area contributed by atoms with E-state index in [9.17, 15) is 4.79 Å². The molecular formula is C13H13ClN2O2. The maximum absolute atomic E-state index is 12.0. The zero-order valence-electron chi connectivity index (χ0n) is 9.87. The van der Waals surface area contributed by atoms with Crippen molar-refractivity contribution in [2.24, 2.45) is 0 Å². The van der Waals surface area contributed by atoms with Crippen molar-refractivity contribution in [3.8, 4) is 0 Å². The van der Waals surface area contributed by atoms with E-state index in [1.54, 1.807) is 30.5 Å². The molecule has 2 aromatic rings. The van der Waals surface area contributed by atoms with E-state index >= 15 is 0 Å². The highest BCUT2D eigenvalue weighted by molar-refractivity contribution is 6.31. The largest absolute Gasteiger partial charge is 0.467 e. The molecule has 4 nitrogen and oxygen atoms in total. The summed E-state index contributed by atoms with van der Waals surface area (Å²) < 4.78 is 5.13. The van der Waals surface area contributed by atoms with Crippen LogP contribution < -0.4 is 11.1 Å². The average molecular weight is 265 g/mol. The summed E-state index contributed by atoms with van der Waals surface area (Å²) >= 11 is 5.91. The summed E-state index contributed by atoms with van der Waals surface area (Å²) in [5, 5.41) is 3.22. The molecule has 0 radical (unpaired) electrons. The Morgan fingerprint density at radius 3 is 2.94 bits per heavy atom. The fourth-order valence-electron chi connectivity index (χ4n) is 1.62. The summed E-state index contributed by atoms with van der Waals surface area (Å²) in [6.45, 7) is 2.13. The number of amides is 1. The fourth-order valence-corrected chi connectivity index (χ4v) is 1.89. The first kappa shape index (κ1) is 12.5. The molecule has 0 fully saturated rings. The van der Waals surface area contributed by atoms with Crippen molar-refractivity contribution in [3.05, 3.63) is 52.4 Å². The van der Waals surface area contributed by atoms with E-state index in [2.05, 4.69) is 5.32 Å². The third-order valence-electron chi connectivity index (χ3n) is 2.60. The number of benzene rings is 1. The molecule has 0 spiro atoms. The van der Waals surface area contributed by atoms with Crippen LogP contribution in [0.2, 0.25) is 5.02 Å². The van der Waals surface area contributed by atoms with Gasteiger partial charge in [-0.2, -0.15) is 0 Å². The van der Waals surface area contributed by atoms with E-state index in [0.717, 1.165) is 5.56 Å². The van der Waals surface area contributed by atoms with Gasteiger partial charge in [-0.25, -0.2) is 0 Å². The van der Waals surface area contributed by atoms with Crippen LogP contribution >= 0.6 is 11.6 Å². The number of anilines is 1. The second kappa shape index (κ2) is 5.14. The maximum atomic E-state index is 12.0. The lowest BCUT2D eigenvalue weighted by molar-refractivity contribution is 0.0949. The lowest BCUT2D eigenvalue weighted by atomic mass is 10.1. The molecule has 0 atom stereocenters. The smallest absolute Gasteiger partial charge is 0.253 e. The summed E-state index contributed by atoms with van der Waals surface area (Å²) in [4.78, 5) is 12.0. The van der Waals surface area contributed by atoms with Gasteiger partial charge in [-0.05, 0) is 36.8 Å². The quantitative estimate of drug-likeness (QED) is 0.838. The molecule has 0 aliphatic rings. The molecule has 5 heteroatoms. The highest BCUT2D eigenvalue weighted by Crippen LogP contribution is 2.22. The zero-order valence-corrected chi connectivity index (χ0v) is 10.6. The number of carbonyl (C=O) groups is 1. The fraction of sp³-hybridized carbons (Fsp3) is 0.154. The monoisotopic (exact) mass is 264 g/mol. The zero-order chi connectivity index (χ0) is 13.1. The van der Waals surface area contributed by atoms with Crippen molar-refractivity contribution in [2.45, 2.75) is 13.5 Å². The molecular weight excluding hydrogens is 252 g/mol. The number of hydrogen-bond acceptors (Lipinski definition) is 3. The predicted molar refractivity (Wildman–Crippen MR) is 70.5 cm³/mol. The Bertz CT molecular complexity index is 565. The second-order valence-electron chi connectivity index (χ2n) is 3.95. The van der Waals surface area contributed by atoms with Crippen molar-refractivity contribution >= 4 is 23.2 Å². The molecule has 0 saturated heterocycles. The molecule has 0 aliphatic heterocycles. The van der Waals surface area contributed by atoms with Crippen molar-refractivity contribution in [1.29, 1.82) is 0 Å². The van der Waals surface area contributed by atoms with Gasteiger partial charge in [0.2, 0.25) is 0 Å². The van der Waals surface area contributed by atoms with E-state index in [4.69, 9.17) is 21.8 Å². The van der Waals surface area contributed by atoms with Crippen LogP contribution in [-0.4, -0.2) is 5.91 Å². The van der Waals surface area contributed by atoms with Gasteiger partial charge in [-0.3, -0.25) is 4.79 Å². The number of nitrogens with one attached hydrogen (secondary N) is 1. The third-order valence-corrected chi connectivity index (χ3v) is 2.82. The normalized spacial score (nSPS) is 10.3. The van der Waals surface area contributed by atoms with Crippen LogP contribution in [0.4, 0.5) is 5.69 Å². The van der Waals surface area contributed by atoms with Crippen LogP contribution in [0.15, 0.2) is 34.9 Å². The summed E-state index contributed by atoms with van der Waals surface area (Å²) in [5.41, 5.74) is 7.46. The Hall–Kier alpha value is -1.94. The highest BCUT2D eigenvalue weighted by atomic mass is 35.5. The molecule has 1 heterocycles. The van der Waals surface area contributed by atoms with Gasteiger partial charge in [0.25, 0.3) is 5.91 Å². The van der Waals surface area contributed by atoms with Gasteiger partial charge in [-0.15, -0.1) is 0 Å². The Labute approximate surface area is 110 Å². The molecule has 3 N–H and O–H groups in total. The van der Waals surface area contributed by atoms with Gasteiger partial charge in [0.15, 0.2) is 0 Å². The van der Waals surface area contributed by atoms with Gasteiger partial charge in [0.1, 0.15) is 5.76 Å². The van der Waals surface area contributed by atoms with Crippen LogP contribution in [0.1, 0.15) is 21.7 Å². The number of rotatable bonds is 3. The highest BCUT2D eigenvalue weighted by Gasteiger charge is 2.12. The summed E-state index contributed by atoms with van der Waals surface area (Å²) in [7, 11) is 0. The summed E-state index contributed by atoms with van der Waals surface area (Å²) in [5.74, 6) is 0.412. The van der Waals surface area contributed by atoms with E-state index in [1.807, 2.05) is 6.92 Å². The number of carbonyl (C=O) groups excluding carboxylic acids is 1. The van der Waals surface area contributed by atoms with E-state index < -0.39 is 0 Å². The molecule has 1 aromatic heterocycles. The van der Waals surface area contributed by atoms with Crippen LogP contribution in [0.25, 0.3) is 0 Å². The second-order valence-corrected chi connectivity index (χ2v) is 4.38. The predicted octanol–water partition coefficient (Wildman–Crippen LogP) is 2.75. The number of aryl methyl sites for hydroxylation is 1. The Balaban J connectivity index is 2.14. The first-order valence-electron chi connectivity index (χ1n) is 5.44. The minimum atomic E-state index is -0.269. The van der Waals surface area contributed by atoms with Gasteiger partial charge in [0, 0.05) is 10.7 Å². The number of hydrogen-bond donors (Lipinski definition) is 2. The molecule has 0 unspecified atom stereocenters. The van der Waals surface area contributed by atoms with E-state index in [-0.39, 0.29) is 5.91 Å². The SMILES string of the molecule is Cc1cc(Cl)cc(C(=O)NCc2ccco2)c1N. The van der Waals surface area contributed by atoms with Gasteiger partial charge < -0.3 is 15.5 Å². The number of nitrogen functional groups attached to an aromatic ring is 1. The van der Waals surface area contributed by atoms with E-state index in [1.165, 1.54) is 0 Å². The van der Waals surface area contributed by atoms with Crippen LogP contribution in [0.5, 0.6) is 0 Å². The first-order valence-corrected chi connectivity index (χ1v) is 5.82. The molecule has 1 amide bonds. The molecule has 1 aromatic carbocycles. The Kier molecular flexibility index (Phi) is 3.58. The van der Waals surface area contributed by atoms with Gasteiger partial charge >= 0.3 is 0 Å². The lowest BCUT2D eigenvalue weighted by Crippen LogP contribution is -2.23. The number of halogens is 1. The van der Waals surface area contributed by atoms with Crippen molar-refractivity contribution in [3.63, 3.8) is 0 Å². The summed E-state index contributed by atoms with van der Waals surface area (Å²) in [6.07, 6.45) is 1.55. The molecule has 18 heavy (non-hydrogen) atoms. The minimum absolute atomic E-state index is 0.269. The number of furan rings is 1. The standard InChI is InChI=1S/C13H13ClN2O2/c1-8-5-9(14)6-11(12(8)15)13(17)16-7-10-3-2-4-18-10/h2-6H,7,15H2,1H3,(H,16,17). The third kappa shape index (κ3) is 2.65. The molecule has 0 bridgehead atoms. The molecule has 0 saturated carbocycles. The molecule has 2 rings (SSSR count). The lowest BCUT2D eigenvalue weighted by Gasteiger charge is -2.09. The Morgan fingerprint density at radius 2 is 2.28 bits per heavy atom. The van der Waals surface area contributed by atoms with Crippen LogP contribution in [0, 0.1) is 6.92 Å².